The minimum absolute atomic E-state index is 0.0263. The van der Waals surface area contributed by atoms with Crippen LogP contribution in [0.2, 0.25) is 0 Å². The molecule has 0 saturated heterocycles. The Labute approximate surface area is 86.8 Å². The van der Waals surface area contributed by atoms with Crippen LogP contribution < -0.4 is 0 Å². The lowest BCUT2D eigenvalue weighted by Gasteiger charge is -2.06. The number of hydrogen-bond acceptors (Lipinski definition) is 3. The van der Waals surface area contributed by atoms with E-state index in [1.807, 2.05) is 0 Å². The van der Waals surface area contributed by atoms with Crippen LogP contribution in [-0.4, -0.2) is 17.7 Å². The summed E-state index contributed by atoms with van der Waals surface area (Å²) in [5.41, 5.74) is -0.159. The largest absolute Gasteiger partial charge is 0.515 e. The molecule has 0 aliphatic heterocycles. The van der Waals surface area contributed by atoms with Crippen molar-refractivity contribution in [2.45, 2.75) is 6.92 Å². The molecule has 80 valence electrons. The van der Waals surface area contributed by atoms with Crippen molar-refractivity contribution in [3.63, 3.8) is 0 Å². The van der Waals surface area contributed by atoms with E-state index in [-0.39, 0.29) is 17.7 Å². The Morgan fingerprint density at radius 3 is 2.73 bits per heavy atom. The first kappa shape index (κ1) is 11.2. The van der Waals surface area contributed by atoms with E-state index in [1.54, 1.807) is 13.0 Å². The third-order valence-corrected chi connectivity index (χ3v) is 1.79. The predicted octanol–water partition coefficient (Wildman–Crippen LogP) is 2.29. The highest BCUT2D eigenvalue weighted by molar-refractivity contribution is 6.16. The molecule has 0 unspecified atom stereocenters. The van der Waals surface area contributed by atoms with Crippen molar-refractivity contribution >= 4 is 11.5 Å². The summed E-state index contributed by atoms with van der Waals surface area (Å²) in [6.07, 6.45) is 0.552. The first-order valence-corrected chi connectivity index (χ1v) is 4.47. The van der Waals surface area contributed by atoms with Crippen LogP contribution in [0.1, 0.15) is 12.5 Å². The molecule has 3 nitrogen and oxygen atoms in total. The molecule has 15 heavy (non-hydrogen) atoms. The number of esters is 1. The van der Waals surface area contributed by atoms with E-state index in [9.17, 15) is 9.18 Å². The number of aliphatic hydroxyl groups excluding tert-OH is 1. The molecule has 0 aliphatic rings. The van der Waals surface area contributed by atoms with Gasteiger partial charge in [0.2, 0.25) is 0 Å². The van der Waals surface area contributed by atoms with Crippen molar-refractivity contribution in [3.05, 3.63) is 41.9 Å². The van der Waals surface area contributed by atoms with Crippen LogP contribution in [0.25, 0.3) is 5.57 Å². The van der Waals surface area contributed by atoms with E-state index in [4.69, 9.17) is 5.11 Å². The fourth-order valence-electron chi connectivity index (χ4n) is 1.12. The Morgan fingerprint density at radius 1 is 1.53 bits per heavy atom. The van der Waals surface area contributed by atoms with Gasteiger partial charge in [0.05, 0.1) is 12.9 Å². The number of halogens is 1. The topological polar surface area (TPSA) is 46.5 Å². The molecule has 0 radical (unpaired) electrons. The second-order valence-electron chi connectivity index (χ2n) is 2.74. The number of aliphatic hydroxyl groups is 1. The normalized spacial score (nSPS) is 11.2. The maximum absolute atomic E-state index is 13.3. The molecule has 0 bridgehead atoms. The molecule has 0 spiro atoms. The summed E-state index contributed by atoms with van der Waals surface area (Å²) in [7, 11) is 0. The van der Waals surface area contributed by atoms with E-state index in [1.165, 1.54) is 18.2 Å². The van der Waals surface area contributed by atoms with E-state index in [0.717, 1.165) is 0 Å². The van der Waals surface area contributed by atoms with Crippen molar-refractivity contribution in [2.75, 3.05) is 6.61 Å². The number of carbonyl (C=O) groups is 1. The average Bonchev–Trinajstić information content (AvgIpc) is 2.22. The van der Waals surface area contributed by atoms with Crippen molar-refractivity contribution in [1.82, 2.24) is 0 Å². The van der Waals surface area contributed by atoms with Gasteiger partial charge in [-0.15, -0.1) is 0 Å². The molecule has 0 atom stereocenters. The molecule has 0 heterocycles. The zero-order chi connectivity index (χ0) is 11.3. The lowest BCUT2D eigenvalue weighted by Crippen LogP contribution is -2.08. The Hall–Kier alpha value is -1.84. The van der Waals surface area contributed by atoms with Gasteiger partial charge in [-0.1, -0.05) is 18.2 Å². The summed E-state index contributed by atoms with van der Waals surface area (Å²) in [6, 6.07) is 5.67. The van der Waals surface area contributed by atoms with E-state index in [0.29, 0.717) is 6.26 Å². The van der Waals surface area contributed by atoms with Gasteiger partial charge in [-0.2, -0.15) is 0 Å². The molecule has 0 aromatic heterocycles. The van der Waals surface area contributed by atoms with Crippen LogP contribution in [0, 0.1) is 5.82 Å². The minimum atomic E-state index is -0.745. The van der Waals surface area contributed by atoms with Gasteiger partial charge in [-0.3, -0.25) is 0 Å². The van der Waals surface area contributed by atoms with Crippen molar-refractivity contribution in [2.24, 2.45) is 0 Å². The quantitative estimate of drug-likeness (QED) is 0.473. The van der Waals surface area contributed by atoms with E-state index in [2.05, 4.69) is 4.74 Å². The van der Waals surface area contributed by atoms with Crippen molar-refractivity contribution in [3.8, 4) is 0 Å². The van der Waals surface area contributed by atoms with Gasteiger partial charge in [-0.05, 0) is 13.0 Å². The highest BCUT2D eigenvalue weighted by Crippen LogP contribution is 2.18. The summed E-state index contributed by atoms with van der Waals surface area (Å²) in [6.45, 7) is 1.80. The van der Waals surface area contributed by atoms with E-state index >= 15 is 0 Å². The zero-order valence-corrected chi connectivity index (χ0v) is 8.24. The van der Waals surface area contributed by atoms with Gasteiger partial charge in [0.25, 0.3) is 0 Å². The highest BCUT2D eigenvalue weighted by Gasteiger charge is 2.16. The first-order valence-electron chi connectivity index (χ1n) is 4.47. The summed E-state index contributed by atoms with van der Waals surface area (Å²) < 4.78 is 17.9. The number of carbonyl (C=O) groups excluding carboxylic acids is 1. The molecule has 4 heteroatoms. The number of rotatable bonds is 3. The molecular weight excluding hydrogens is 199 g/mol. The lowest BCUT2D eigenvalue weighted by atomic mass is 10.1. The second-order valence-corrected chi connectivity index (χ2v) is 2.74. The van der Waals surface area contributed by atoms with Crippen LogP contribution in [0.15, 0.2) is 30.5 Å². The Kier molecular flexibility index (Phi) is 3.85. The molecule has 0 aliphatic carbocycles. The monoisotopic (exact) mass is 210 g/mol. The highest BCUT2D eigenvalue weighted by atomic mass is 19.1. The molecule has 0 amide bonds. The maximum atomic E-state index is 13.3. The molecule has 0 fully saturated rings. The van der Waals surface area contributed by atoms with Crippen LogP contribution in [-0.2, 0) is 9.53 Å². The minimum Gasteiger partial charge on any atom is -0.515 e. The predicted molar refractivity (Wildman–Crippen MR) is 53.6 cm³/mol. The molecule has 1 N–H and O–H groups in total. The number of benzene rings is 1. The summed E-state index contributed by atoms with van der Waals surface area (Å²) in [5, 5.41) is 8.87. The van der Waals surface area contributed by atoms with Crippen LogP contribution in [0.5, 0.6) is 0 Å². The van der Waals surface area contributed by atoms with Gasteiger partial charge in [-0.25, -0.2) is 9.18 Å². The van der Waals surface area contributed by atoms with Crippen molar-refractivity contribution < 1.29 is 19.0 Å². The van der Waals surface area contributed by atoms with E-state index < -0.39 is 11.8 Å². The molecule has 1 aromatic rings. The fraction of sp³-hybridized carbons (Fsp3) is 0.182. The first-order chi connectivity index (χ1) is 7.20. The standard InChI is InChI=1S/C11H11FO3/c1-2-15-11(14)9(7-13)8-5-3-4-6-10(8)12/h3-7,13H,2H2,1H3. The molecule has 1 rings (SSSR count). The maximum Gasteiger partial charge on any atom is 0.341 e. The fourth-order valence-corrected chi connectivity index (χ4v) is 1.12. The van der Waals surface area contributed by atoms with Crippen LogP contribution in [0.3, 0.4) is 0 Å². The Balaban J connectivity index is 3.04. The number of ether oxygens (including phenoxy) is 1. The summed E-state index contributed by atoms with van der Waals surface area (Å²) in [5.74, 6) is -1.32. The van der Waals surface area contributed by atoms with Gasteiger partial charge < -0.3 is 9.84 Å². The van der Waals surface area contributed by atoms with Crippen LogP contribution >= 0.6 is 0 Å². The molecular formula is C11H11FO3. The average molecular weight is 210 g/mol. The SMILES string of the molecule is CCOC(=O)C(=CO)c1ccccc1F. The summed E-state index contributed by atoms with van der Waals surface area (Å²) >= 11 is 0. The molecule has 1 aromatic carbocycles. The van der Waals surface area contributed by atoms with Crippen LogP contribution in [0.4, 0.5) is 4.39 Å². The molecule has 0 saturated carbocycles. The summed E-state index contributed by atoms with van der Waals surface area (Å²) in [4.78, 5) is 11.3. The number of hydrogen-bond donors (Lipinski definition) is 1. The smallest absolute Gasteiger partial charge is 0.341 e. The van der Waals surface area contributed by atoms with Crippen molar-refractivity contribution in [1.29, 1.82) is 0 Å². The second kappa shape index (κ2) is 5.14. The van der Waals surface area contributed by atoms with Gasteiger partial charge >= 0.3 is 5.97 Å². The van der Waals surface area contributed by atoms with Gasteiger partial charge in [0.1, 0.15) is 11.4 Å². The Bertz CT molecular complexity index is 385. The Morgan fingerprint density at radius 2 is 2.20 bits per heavy atom. The third kappa shape index (κ3) is 2.56. The van der Waals surface area contributed by atoms with Gasteiger partial charge in [0, 0.05) is 5.56 Å². The third-order valence-electron chi connectivity index (χ3n) is 1.79. The van der Waals surface area contributed by atoms with Gasteiger partial charge in [0.15, 0.2) is 0 Å². The lowest BCUT2D eigenvalue weighted by molar-refractivity contribution is -0.136. The zero-order valence-electron chi connectivity index (χ0n) is 8.24.